The Morgan fingerprint density at radius 3 is 2.41 bits per heavy atom. The van der Waals surface area contributed by atoms with Crippen molar-refractivity contribution in [3.8, 4) is 0 Å². The number of rotatable bonds is 5. The minimum Gasteiger partial charge on any atom is -0.355 e. The van der Waals surface area contributed by atoms with E-state index >= 15 is 0 Å². The Kier molecular flexibility index (Phi) is 10.0. The zero-order valence-corrected chi connectivity index (χ0v) is 17.2. The minimum atomic E-state index is 0. The first kappa shape index (κ1) is 21.5. The van der Waals surface area contributed by atoms with E-state index in [4.69, 9.17) is 11.6 Å². The summed E-state index contributed by atoms with van der Waals surface area (Å²) in [5.41, 5.74) is 1.23. The highest BCUT2D eigenvalue weighted by Crippen LogP contribution is 2.16. The van der Waals surface area contributed by atoms with Gasteiger partial charge >= 0.3 is 0 Å². The molecule has 1 aromatic carbocycles. The highest BCUT2D eigenvalue weighted by atomic mass is 127. The van der Waals surface area contributed by atoms with Gasteiger partial charge in [0.15, 0.2) is 5.96 Å². The summed E-state index contributed by atoms with van der Waals surface area (Å²) in [6.07, 6.45) is 0. The van der Waals surface area contributed by atoms with Crippen LogP contribution in [-0.2, 0) is 6.54 Å². The summed E-state index contributed by atoms with van der Waals surface area (Å²) in [7, 11) is 3.80. The molecular formula is C16H28ClIN4. The van der Waals surface area contributed by atoms with E-state index in [-0.39, 0.29) is 29.5 Å². The predicted octanol–water partition coefficient (Wildman–Crippen LogP) is 3.35. The maximum atomic E-state index is 6.20. The average Bonchev–Trinajstić information content (AvgIpc) is 2.40. The third-order valence-electron chi connectivity index (χ3n) is 3.00. The van der Waals surface area contributed by atoms with Crippen LogP contribution in [0.4, 0.5) is 0 Å². The smallest absolute Gasteiger partial charge is 0.193 e. The summed E-state index contributed by atoms with van der Waals surface area (Å²) in [6.45, 7) is 8.92. The van der Waals surface area contributed by atoms with E-state index in [1.807, 2.05) is 31.3 Å². The number of benzene rings is 1. The Morgan fingerprint density at radius 2 is 1.86 bits per heavy atom. The van der Waals surface area contributed by atoms with Crippen molar-refractivity contribution in [1.29, 1.82) is 0 Å². The molecule has 0 aromatic heterocycles. The molecule has 0 aliphatic carbocycles. The van der Waals surface area contributed by atoms with Gasteiger partial charge in [-0.25, -0.2) is 0 Å². The van der Waals surface area contributed by atoms with Crippen molar-refractivity contribution in [1.82, 2.24) is 15.5 Å². The van der Waals surface area contributed by atoms with Crippen molar-refractivity contribution in [2.45, 2.75) is 32.9 Å². The molecule has 126 valence electrons. The molecule has 6 heteroatoms. The molecule has 0 radical (unpaired) electrons. The van der Waals surface area contributed by atoms with Crippen LogP contribution in [0.15, 0.2) is 29.3 Å². The lowest BCUT2D eigenvalue weighted by Crippen LogP contribution is -2.44. The lowest BCUT2D eigenvalue weighted by Gasteiger charge is -2.24. The number of aliphatic imine (C=N–C) groups is 1. The Morgan fingerprint density at radius 1 is 1.23 bits per heavy atom. The van der Waals surface area contributed by atoms with Crippen molar-refractivity contribution < 1.29 is 0 Å². The second-order valence-corrected chi connectivity index (χ2v) is 6.51. The molecule has 0 saturated carbocycles. The molecule has 0 atom stereocenters. The third-order valence-corrected chi connectivity index (χ3v) is 3.37. The minimum absolute atomic E-state index is 0. The molecule has 0 unspecified atom stereocenters. The second kappa shape index (κ2) is 10.3. The van der Waals surface area contributed by atoms with E-state index < -0.39 is 0 Å². The molecule has 0 fully saturated rings. The van der Waals surface area contributed by atoms with Crippen molar-refractivity contribution in [2.24, 2.45) is 4.99 Å². The van der Waals surface area contributed by atoms with Crippen molar-refractivity contribution in [3.63, 3.8) is 0 Å². The SMILES string of the molecule is CN=C(NCCNC(C)(C)C)N(C)Cc1ccccc1Cl.I. The predicted molar refractivity (Wildman–Crippen MR) is 107 cm³/mol. The summed E-state index contributed by atoms with van der Waals surface area (Å²) in [5, 5.41) is 7.58. The van der Waals surface area contributed by atoms with Gasteiger partial charge in [0.25, 0.3) is 0 Å². The van der Waals surface area contributed by atoms with Gasteiger partial charge in [-0.05, 0) is 32.4 Å². The monoisotopic (exact) mass is 438 g/mol. The van der Waals surface area contributed by atoms with Gasteiger partial charge in [-0.1, -0.05) is 29.8 Å². The number of halogens is 2. The lowest BCUT2D eigenvalue weighted by atomic mass is 10.1. The van der Waals surface area contributed by atoms with Crippen LogP contribution in [0.2, 0.25) is 5.02 Å². The van der Waals surface area contributed by atoms with Crippen molar-refractivity contribution in [3.05, 3.63) is 34.9 Å². The van der Waals surface area contributed by atoms with Gasteiger partial charge in [0.2, 0.25) is 0 Å². The molecule has 0 heterocycles. The van der Waals surface area contributed by atoms with Crippen LogP contribution in [0.3, 0.4) is 0 Å². The Bertz CT molecular complexity index is 471. The van der Waals surface area contributed by atoms with E-state index in [2.05, 4.69) is 41.3 Å². The summed E-state index contributed by atoms with van der Waals surface area (Å²) in [5.74, 6) is 0.866. The molecule has 0 spiro atoms. The highest BCUT2D eigenvalue weighted by molar-refractivity contribution is 14.0. The molecule has 0 amide bonds. The van der Waals surface area contributed by atoms with E-state index in [1.165, 1.54) is 0 Å². The second-order valence-electron chi connectivity index (χ2n) is 6.10. The molecule has 0 saturated heterocycles. The van der Waals surface area contributed by atoms with E-state index in [0.29, 0.717) is 0 Å². The molecule has 0 bridgehead atoms. The summed E-state index contributed by atoms with van der Waals surface area (Å²) >= 11 is 6.20. The molecule has 4 nitrogen and oxygen atoms in total. The Labute approximate surface area is 156 Å². The summed E-state index contributed by atoms with van der Waals surface area (Å²) in [6, 6.07) is 7.89. The fraction of sp³-hybridized carbons (Fsp3) is 0.562. The largest absolute Gasteiger partial charge is 0.355 e. The topological polar surface area (TPSA) is 39.7 Å². The first-order valence-corrected chi connectivity index (χ1v) is 7.61. The zero-order chi connectivity index (χ0) is 15.9. The molecule has 22 heavy (non-hydrogen) atoms. The Hall–Kier alpha value is -0.530. The normalized spacial score (nSPS) is 11.8. The summed E-state index contributed by atoms with van der Waals surface area (Å²) < 4.78 is 0. The fourth-order valence-corrected chi connectivity index (χ4v) is 2.15. The average molecular weight is 439 g/mol. The van der Waals surface area contributed by atoms with Crippen molar-refractivity contribution in [2.75, 3.05) is 27.2 Å². The van der Waals surface area contributed by atoms with Gasteiger partial charge < -0.3 is 15.5 Å². The van der Waals surface area contributed by atoms with Crippen LogP contribution < -0.4 is 10.6 Å². The molecule has 1 rings (SSSR count). The number of guanidine groups is 1. The summed E-state index contributed by atoms with van der Waals surface area (Å²) in [4.78, 5) is 6.38. The first-order valence-electron chi connectivity index (χ1n) is 7.23. The van der Waals surface area contributed by atoms with Gasteiger partial charge in [-0.2, -0.15) is 0 Å². The van der Waals surface area contributed by atoms with E-state index in [1.54, 1.807) is 7.05 Å². The lowest BCUT2D eigenvalue weighted by molar-refractivity contribution is 0.422. The first-order chi connectivity index (χ1) is 9.83. The third kappa shape index (κ3) is 8.19. The van der Waals surface area contributed by atoms with Gasteiger partial charge in [-0.3, -0.25) is 4.99 Å². The van der Waals surface area contributed by atoms with Crippen LogP contribution in [0, 0.1) is 0 Å². The van der Waals surface area contributed by atoms with Crippen LogP contribution in [0.5, 0.6) is 0 Å². The zero-order valence-electron chi connectivity index (χ0n) is 14.1. The van der Waals surface area contributed by atoms with Gasteiger partial charge in [0.1, 0.15) is 0 Å². The molecule has 0 aliphatic heterocycles. The molecule has 1 aromatic rings. The van der Waals surface area contributed by atoms with Gasteiger partial charge in [0.05, 0.1) is 0 Å². The molecule has 2 N–H and O–H groups in total. The van der Waals surface area contributed by atoms with Gasteiger partial charge in [0, 0.05) is 44.3 Å². The van der Waals surface area contributed by atoms with Crippen LogP contribution >= 0.6 is 35.6 Å². The number of hydrogen-bond acceptors (Lipinski definition) is 2. The van der Waals surface area contributed by atoms with Crippen molar-refractivity contribution >= 4 is 41.5 Å². The molecule has 0 aliphatic rings. The Balaban J connectivity index is 0.00000441. The quantitative estimate of drug-likeness (QED) is 0.320. The number of hydrogen-bond donors (Lipinski definition) is 2. The van der Waals surface area contributed by atoms with E-state index in [9.17, 15) is 0 Å². The maximum absolute atomic E-state index is 6.20. The van der Waals surface area contributed by atoms with E-state index in [0.717, 1.165) is 36.2 Å². The fourth-order valence-electron chi connectivity index (χ4n) is 1.95. The van der Waals surface area contributed by atoms with Crippen LogP contribution in [0.1, 0.15) is 26.3 Å². The van der Waals surface area contributed by atoms with Crippen LogP contribution in [-0.4, -0.2) is 43.6 Å². The maximum Gasteiger partial charge on any atom is 0.193 e. The number of nitrogens with zero attached hydrogens (tertiary/aromatic N) is 2. The molecular weight excluding hydrogens is 411 g/mol. The highest BCUT2D eigenvalue weighted by Gasteiger charge is 2.10. The standard InChI is InChI=1S/C16H27ClN4.HI/c1-16(2,3)20-11-10-19-15(18-4)21(5)12-13-8-6-7-9-14(13)17;/h6-9,20H,10-12H2,1-5H3,(H,18,19);1H. The number of nitrogens with one attached hydrogen (secondary N) is 2. The van der Waals surface area contributed by atoms with Crippen LogP contribution in [0.25, 0.3) is 0 Å². The van der Waals surface area contributed by atoms with Gasteiger partial charge in [-0.15, -0.1) is 24.0 Å².